The van der Waals surface area contributed by atoms with Crippen LogP contribution in [0.1, 0.15) is 22.0 Å². The van der Waals surface area contributed by atoms with E-state index in [9.17, 15) is 10.1 Å². The quantitative estimate of drug-likeness (QED) is 0.669. The van der Waals surface area contributed by atoms with Crippen molar-refractivity contribution in [2.24, 2.45) is 0 Å². The zero-order valence-electron chi connectivity index (χ0n) is 13.2. The lowest BCUT2D eigenvalue weighted by Crippen LogP contribution is -2.26. The molecule has 122 valence electrons. The number of likely N-dealkylation sites (tertiary alicyclic amines) is 1. The highest BCUT2D eigenvalue weighted by Gasteiger charge is 2.24. The summed E-state index contributed by atoms with van der Waals surface area (Å²) >= 11 is 1.76. The molecule has 2 aromatic heterocycles. The summed E-state index contributed by atoms with van der Waals surface area (Å²) in [4.78, 5) is 22.5. The summed E-state index contributed by atoms with van der Waals surface area (Å²) in [6.45, 7) is 7.00. The lowest BCUT2D eigenvalue weighted by atomic mass is 10.2. The Hall–Kier alpha value is -2.06. The van der Waals surface area contributed by atoms with Crippen molar-refractivity contribution >= 4 is 22.8 Å². The van der Waals surface area contributed by atoms with E-state index < -0.39 is 4.92 Å². The number of pyridine rings is 1. The summed E-state index contributed by atoms with van der Waals surface area (Å²) < 4.78 is 0. The average Bonchev–Trinajstić information content (AvgIpc) is 3.06. The van der Waals surface area contributed by atoms with Gasteiger partial charge in [0.15, 0.2) is 0 Å². The molecule has 23 heavy (non-hydrogen) atoms. The van der Waals surface area contributed by atoms with Crippen molar-refractivity contribution in [2.75, 3.05) is 18.4 Å². The molecule has 2 aromatic rings. The average molecular weight is 333 g/mol. The summed E-state index contributed by atoms with van der Waals surface area (Å²) in [5.74, 6) is 0.687. The molecule has 0 aliphatic carbocycles. The minimum atomic E-state index is -0.437. The SMILES string of the molecule is Cc1nc(C)c(CN2CC[C@H](Nc3ccc([N+](=O)[O-])cn3)C2)s1. The van der Waals surface area contributed by atoms with E-state index in [1.807, 2.05) is 6.92 Å². The molecule has 0 bridgehead atoms. The van der Waals surface area contributed by atoms with E-state index >= 15 is 0 Å². The molecule has 0 aromatic carbocycles. The summed E-state index contributed by atoms with van der Waals surface area (Å²) in [5.41, 5.74) is 1.14. The van der Waals surface area contributed by atoms with Crippen molar-refractivity contribution in [3.63, 3.8) is 0 Å². The van der Waals surface area contributed by atoms with Gasteiger partial charge in [0.25, 0.3) is 5.69 Å². The Morgan fingerprint density at radius 1 is 1.48 bits per heavy atom. The van der Waals surface area contributed by atoms with Gasteiger partial charge in [-0.05, 0) is 26.3 Å². The maximum absolute atomic E-state index is 10.6. The first-order chi connectivity index (χ1) is 11.0. The van der Waals surface area contributed by atoms with E-state index in [2.05, 4.69) is 27.1 Å². The molecule has 0 spiro atoms. The Morgan fingerprint density at radius 3 is 2.91 bits per heavy atom. The first-order valence-electron chi connectivity index (χ1n) is 7.53. The van der Waals surface area contributed by atoms with Crippen molar-refractivity contribution < 1.29 is 4.92 Å². The van der Waals surface area contributed by atoms with Gasteiger partial charge in [0.1, 0.15) is 12.0 Å². The predicted molar refractivity (Wildman–Crippen MR) is 89.8 cm³/mol. The van der Waals surface area contributed by atoms with Crippen LogP contribution >= 0.6 is 11.3 Å². The van der Waals surface area contributed by atoms with Gasteiger partial charge in [-0.15, -0.1) is 11.3 Å². The molecule has 0 unspecified atom stereocenters. The molecule has 3 heterocycles. The molecule has 1 atom stereocenters. The number of aromatic nitrogens is 2. The number of anilines is 1. The van der Waals surface area contributed by atoms with E-state index in [-0.39, 0.29) is 5.69 Å². The van der Waals surface area contributed by atoms with Crippen LogP contribution in [0, 0.1) is 24.0 Å². The summed E-state index contributed by atoms with van der Waals surface area (Å²) in [6.07, 6.45) is 2.33. The first kappa shape index (κ1) is 15.8. The molecule has 0 amide bonds. The predicted octanol–water partition coefficient (Wildman–Crippen LogP) is 2.75. The van der Waals surface area contributed by atoms with Gasteiger partial charge in [-0.25, -0.2) is 9.97 Å². The molecule has 7 nitrogen and oxygen atoms in total. The van der Waals surface area contributed by atoms with Gasteiger partial charge >= 0.3 is 0 Å². The van der Waals surface area contributed by atoms with E-state index in [0.717, 1.165) is 36.8 Å². The zero-order chi connectivity index (χ0) is 16.4. The molecule has 1 fully saturated rings. The van der Waals surface area contributed by atoms with E-state index in [1.165, 1.54) is 17.1 Å². The standard InChI is InChI=1S/C15H19N5O2S/c1-10-14(23-11(2)17-10)9-19-6-5-12(8-19)18-15-4-3-13(7-16-15)20(21)22/h3-4,7,12H,5-6,8-9H2,1-2H3,(H,16,18)/t12-/m0/s1. The third kappa shape index (κ3) is 3.83. The van der Waals surface area contributed by atoms with Gasteiger partial charge in [-0.3, -0.25) is 15.0 Å². The van der Waals surface area contributed by atoms with Crippen LogP contribution in [0.3, 0.4) is 0 Å². The maximum Gasteiger partial charge on any atom is 0.287 e. The number of rotatable bonds is 5. The van der Waals surface area contributed by atoms with Crippen molar-refractivity contribution in [3.05, 3.63) is 44.0 Å². The minimum absolute atomic E-state index is 0.0136. The van der Waals surface area contributed by atoms with Gasteiger partial charge in [-0.1, -0.05) is 0 Å². The van der Waals surface area contributed by atoms with Gasteiger partial charge in [0, 0.05) is 36.6 Å². The second-order valence-corrected chi connectivity index (χ2v) is 7.05. The normalized spacial score (nSPS) is 18.3. The van der Waals surface area contributed by atoms with Crippen LogP contribution in [0.4, 0.5) is 11.5 Å². The molecule has 1 aliphatic rings. The highest BCUT2D eigenvalue weighted by Crippen LogP contribution is 2.23. The fourth-order valence-electron chi connectivity index (χ4n) is 2.81. The Labute approximate surface area is 138 Å². The molecule has 8 heteroatoms. The summed E-state index contributed by atoms with van der Waals surface area (Å²) in [7, 11) is 0. The fourth-order valence-corrected chi connectivity index (χ4v) is 3.79. The monoisotopic (exact) mass is 333 g/mol. The van der Waals surface area contributed by atoms with E-state index in [4.69, 9.17) is 0 Å². The Bertz CT molecular complexity index is 700. The van der Waals surface area contributed by atoms with Gasteiger partial charge < -0.3 is 5.32 Å². The molecule has 1 N–H and O–H groups in total. The van der Waals surface area contributed by atoms with Crippen molar-refractivity contribution in [1.82, 2.24) is 14.9 Å². The molecule has 3 rings (SSSR count). The number of hydrogen-bond acceptors (Lipinski definition) is 7. The summed E-state index contributed by atoms with van der Waals surface area (Å²) in [6, 6.07) is 3.46. The smallest absolute Gasteiger partial charge is 0.287 e. The number of hydrogen-bond donors (Lipinski definition) is 1. The van der Waals surface area contributed by atoms with Crippen molar-refractivity contribution in [2.45, 2.75) is 32.9 Å². The van der Waals surface area contributed by atoms with Crippen LogP contribution in [0.2, 0.25) is 0 Å². The Balaban J connectivity index is 1.55. The third-order valence-corrected chi connectivity index (χ3v) is 5.01. The van der Waals surface area contributed by atoms with Crippen LogP contribution in [0.25, 0.3) is 0 Å². The van der Waals surface area contributed by atoms with Crippen LogP contribution in [0.5, 0.6) is 0 Å². The highest BCUT2D eigenvalue weighted by molar-refractivity contribution is 7.11. The van der Waals surface area contributed by atoms with Crippen LogP contribution in [0.15, 0.2) is 18.3 Å². The van der Waals surface area contributed by atoms with E-state index in [0.29, 0.717) is 11.9 Å². The molecule has 0 radical (unpaired) electrons. The zero-order valence-corrected chi connectivity index (χ0v) is 14.0. The minimum Gasteiger partial charge on any atom is -0.366 e. The Kier molecular flexibility index (Phi) is 4.53. The highest BCUT2D eigenvalue weighted by atomic mass is 32.1. The number of thiazole rings is 1. The summed E-state index contributed by atoms with van der Waals surface area (Å²) in [5, 5.41) is 15.1. The number of aryl methyl sites for hydroxylation is 2. The first-order valence-corrected chi connectivity index (χ1v) is 8.35. The fraction of sp³-hybridized carbons (Fsp3) is 0.467. The molecular formula is C15H19N5O2S. The second-order valence-electron chi connectivity index (χ2n) is 5.77. The largest absolute Gasteiger partial charge is 0.366 e. The maximum atomic E-state index is 10.6. The Morgan fingerprint density at radius 2 is 2.30 bits per heavy atom. The van der Waals surface area contributed by atoms with Crippen LogP contribution in [-0.2, 0) is 6.54 Å². The van der Waals surface area contributed by atoms with Gasteiger partial charge in [0.2, 0.25) is 0 Å². The molecule has 0 saturated carbocycles. The lowest BCUT2D eigenvalue weighted by molar-refractivity contribution is -0.385. The number of nitrogens with zero attached hydrogens (tertiary/aromatic N) is 4. The topological polar surface area (TPSA) is 84.2 Å². The van der Waals surface area contributed by atoms with Crippen molar-refractivity contribution in [1.29, 1.82) is 0 Å². The molecular weight excluding hydrogens is 314 g/mol. The number of nitro groups is 1. The van der Waals surface area contributed by atoms with Crippen LogP contribution in [-0.4, -0.2) is 38.9 Å². The van der Waals surface area contributed by atoms with Crippen molar-refractivity contribution in [3.8, 4) is 0 Å². The van der Waals surface area contributed by atoms with Gasteiger partial charge in [0.05, 0.1) is 15.6 Å². The third-order valence-electron chi connectivity index (χ3n) is 3.95. The van der Waals surface area contributed by atoms with E-state index in [1.54, 1.807) is 17.4 Å². The second kappa shape index (κ2) is 6.59. The number of nitrogens with one attached hydrogen (secondary N) is 1. The lowest BCUT2D eigenvalue weighted by Gasteiger charge is -2.16. The van der Waals surface area contributed by atoms with Gasteiger partial charge in [-0.2, -0.15) is 0 Å². The molecule has 1 aliphatic heterocycles. The molecule has 1 saturated heterocycles. The van der Waals surface area contributed by atoms with Crippen LogP contribution < -0.4 is 5.32 Å².